The summed E-state index contributed by atoms with van der Waals surface area (Å²) in [5.41, 5.74) is -0.954. The molecule has 0 bridgehead atoms. The molecule has 1 aromatic carbocycles. The lowest BCUT2D eigenvalue weighted by molar-refractivity contribution is -0.0887. The molecule has 20 heavy (non-hydrogen) atoms. The number of rotatable bonds is 4. The fourth-order valence-electron chi connectivity index (χ4n) is 1.70. The van der Waals surface area contributed by atoms with Crippen LogP contribution in [0.15, 0.2) is 12.1 Å². The zero-order valence-corrected chi connectivity index (χ0v) is 12.7. The predicted molar refractivity (Wildman–Crippen MR) is 70.5 cm³/mol. The Bertz CT molecular complexity index is 518. The molecule has 0 aliphatic carbocycles. The number of alkyl halides is 3. The Morgan fingerprint density at radius 3 is 2.20 bits per heavy atom. The molecule has 0 aromatic heterocycles. The monoisotopic (exact) mass is 308 g/mol. The van der Waals surface area contributed by atoms with Crippen LogP contribution in [0.3, 0.4) is 0 Å². The Morgan fingerprint density at radius 1 is 1.25 bits per heavy atom. The summed E-state index contributed by atoms with van der Waals surface area (Å²) in [6.07, 6.45) is -5.09. The van der Waals surface area contributed by atoms with E-state index in [4.69, 9.17) is 4.74 Å². The average molecular weight is 308 g/mol. The van der Waals surface area contributed by atoms with Crippen molar-refractivity contribution in [3.63, 3.8) is 0 Å². The van der Waals surface area contributed by atoms with Crippen LogP contribution in [-0.2, 0) is 11.3 Å². The minimum Gasteiger partial charge on any atom is -0.380 e. The topological polar surface area (TPSA) is 26.3 Å². The van der Waals surface area contributed by atoms with Crippen molar-refractivity contribution in [1.29, 1.82) is 0 Å². The molecule has 0 N–H and O–H groups in total. The highest BCUT2D eigenvalue weighted by molar-refractivity contribution is 6.88. The molecule has 0 saturated heterocycles. The molecule has 1 aromatic rings. The van der Waals surface area contributed by atoms with Crippen LogP contribution in [0.25, 0.3) is 0 Å². The Morgan fingerprint density at radius 2 is 1.80 bits per heavy atom. The number of halogens is 4. The molecule has 0 heterocycles. The first-order valence-corrected chi connectivity index (χ1v) is 9.42. The summed E-state index contributed by atoms with van der Waals surface area (Å²) in [7, 11) is -0.683. The zero-order valence-electron chi connectivity index (χ0n) is 11.7. The summed E-state index contributed by atoms with van der Waals surface area (Å²) in [4.78, 5) is 11.3. The molecule has 0 unspecified atom stereocenters. The molecule has 1 rings (SSSR count). The van der Waals surface area contributed by atoms with E-state index in [1.165, 1.54) is 13.2 Å². The molecule has 0 fully saturated rings. The van der Waals surface area contributed by atoms with E-state index in [9.17, 15) is 22.4 Å². The SMILES string of the molecule is COCc1cc([Si](C)(C)C)cc(C(=O)C(F)(F)F)c1F. The summed E-state index contributed by atoms with van der Waals surface area (Å²) in [5.74, 6) is -3.32. The van der Waals surface area contributed by atoms with Crippen molar-refractivity contribution in [2.24, 2.45) is 0 Å². The van der Waals surface area contributed by atoms with Gasteiger partial charge in [-0.05, 0) is 6.07 Å². The maximum absolute atomic E-state index is 14.0. The number of carbonyl (C=O) groups excluding carboxylic acids is 1. The first kappa shape index (κ1) is 16.8. The van der Waals surface area contributed by atoms with E-state index in [1.54, 1.807) is 0 Å². The van der Waals surface area contributed by atoms with Gasteiger partial charge in [-0.1, -0.05) is 30.9 Å². The Hall–Kier alpha value is -1.21. The van der Waals surface area contributed by atoms with Gasteiger partial charge in [0.15, 0.2) is 0 Å². The number of Topliss-reactive ketones (excluding diaryl/α,β-unsaturated/α-hetero) is 1. The van der Waals surface area contributed by atoms with Gasteiger partial charge in [0.25, 0.3) is 5.78 Å². The largest absolute Gasteiger partial charge is 0.454 e. The fraction of sp³-hybridized carbons (Fsp3) is 0.462. The maximum Gasteiger partial charge on any atom is 0.454 e. The quantitative estimate of drug-likeness (QED) is 0.485. The van der Waals surface area contributed by atoms with Gasteiger partial charge in [0.1, 0.15) is 5.82 Å². The minimum atomic E-state index is -5.09. The van der Waals surface area contributed by atoms with Crippen LogP contribution in [0.5, 0.6) is 0 Å². The number of ether oxygens (including phenoxy) is 1. The normalized spacial score (nSPS) is 12.6. The van der Waals surface area contributed by atoms with Gasteiger partial charge in [-0.3, -0.25) is 4.79 Å². The van der Waals surface area contributed by atoms with Crippen LogP contribution in [-0.4, -0.2) is 27.1 Å². The first-order valence-electron chi connectivity index (χ1n) is 5.92. The fourth-order valence-corrected chi connectivity index (χ4v) is 2.88. The van der Waals surface area contributed by atoms with Gasteiger partial charge in [0.2, 0.25) is 0 Å². The number of benzene rings is 1. The van der Waals surface area contributed by atoms with Gasteiger partial charge in [0.05, 0.1) is 20.2 Å². The van der Waals surface area contributed by atoms with E-state index >= 15 is 0 Å². The average Bonchev–Trinajstić information content (AvgIpc) is 2.28. The second-order valence-corrected chi connectivity index (χ2v) is 10.6. The van der Waals surface area contributed by atoms with E-state index in [1.807, 2.05) is 19.6 Å². The number of hydrogen-bond acceptors (Lipinski definition) is 2. The van der Waals surface area contributed by atoms with Crippen molar-refractivity contribution in [1.82, 2.24) is 0 Å². The van der Waals surface area contributed by atoms with Crippen molar-refractivity contribution in [3.8, 4) is 0 Å². The van der Waals surface area contributed by atoms with Gasteiger partial charge >= 0.3 is 6.18 Å². The lowest BCUT2D eigenvalue weighted by Gasteiger charge is -2.20. The van der Waals surface area contributed by atoms with Gasteiger partial charge in [-0.25, -0.2) is 4.39 Å². The standard InChI is InChI=1S/C13H16F4O2Si/c1-19-7-8-5-9(20(2,3)4)6-10(11(8)14)12(18)13(15,16)17/h5-6H,7H2,1-4H3. The van der Waals surface area contributed by atoms with Gasteiger partial charge in [0, 0.05) is 12.7 Å². The summed E-state index contributed by atoms with van der Waals surface area (Å²) >= 11 is 0. The second-order valence-electron chi connectivity index (χ2n) is 5.51. The summed E-state index contributed by atoms with van der Waals surface area (Å²) in [6.45, 7) is 5.53. The summed E-state index contributed by atoms with van der Waals surface area (Å²) < 4.78 is 56.4. The predicted octanol–water partition coefficient (Wildman–Crippen LogP) is 3.26. The van der Waals surface area contributed by atoms with Crippen LogP contribution in [0.1, 0.15) is 15.9 Å². The van der Waals surface area contributed by atoms with Crippen LogP contribution >= 0.6 is 0 Å². The molecular weight excluding hydrogens is 292 g/mol. The molecule has 7 heteroatoms. The lowest BCUT2D eigenvalue weighted by Crippen LogP contribution is -2.39. The highest BCUT2D eigenvalue weighted by Crippen LogP contribution is 2.25. The molecular formula is C13H16F4O2Si. The van der Waals surface area contributed by atoms with Gasteiger partial charge in [-0.2, -0.15) is 13.2 Å². The highest BCUT2D eigenvalue weighted by Gasteiger charge is 2.41. The van der Waals surface area contributed by atoms with Crippen molar-refractivity contribution in [2.45, 2.75) is 32.4 Å². The van der Waals surface area contributed by atoms with Crippen molar-refractivity contribution in [3.05, 3.63) is 29.1 Å². The molecule has 112 valence electrons. The third-order valence-electron chi connectivity index (χ3n) is 2.82. The second kappa shape index (κ2) is 5.65. The maximum atomic E-state index is 14.0. The van der Waals surface area contributed by atoms with Crippen LogP contribution < -0.4 is 5.19 Å². The smallest absolute Gasteiger partial charge is 0.380 e. The molecule has 0 spiro atoms. The van der Waals surface area contributed by atoms with Gasteiger partial charge in [-0.15, -0.1) is 0 Å². The summed E-state index contributed by atoms with van der Waals surface area (Å²) in [5, 5.41) is 0.582. The first-order chi connectivity index (χ1) is 8.98. The molecule has 0 atom stereocenters. The van der Waals surface area contributed by atoms with Gasteiger partial charge < -0.3 is 4.74 Å². The number of ketones is 1. The number of hydrogen-bond donors (Lipinski definition) is 0. The summed E-state index contributed by atoms with van der Waals surface area (Å²) in [6, 6.07) is 2.51. The minimum absolute atomic E-state index is 0.0278. The Balaban J connectivity index is 3.50. The number of methoxy groups -OCH3 is 1. The molecule has 0 aliphatic heterocycles. The molecule has 0 aliphatic rings. The molecule has 0 saturated carbocycles. The Kier molecular flexibility index (Phi) is 4.76. The number of carbonyl (C=O) groups is 1. The van der Waals surface area contributed by atoms with Crippen molar-refractivity contribution in [2.75, 3.05) is 7.11 Å². The zero-order chi connectivity index (χ0) is 15.7. The van der Waals surface area contributed by atoms with Crippen LogP contribution in [0, 0.1) is 5.82 Å². The molecule has 0 amide bonds. The Labute approximate surface area is 115 Å². The van der Waals surface area contributed by atoms with E-state index in [0.29, 0.717) is 5.19 Å². The van der Waals surface area contributed by atoms with Crippen LogP contribution in [0.4, 0.5) is 17.6 Å². The van der Waals surface area contributed by atoms with Crippen LogP contribution in [0.2, 0.25) is 19.6 Å². The van der Waals surface area contributed by atoms with E-state index in [-0.39, 0.29) is 12.2 Å². The lowest BCUT2D eigenvalue weighted by atomic mass is 10.1. The van der Waals surface area contributed by atoms with Crippen molar-refractivity contribution < 1.29 is 27.1 Å². The van der Waals surface area contributed by atoms with E-state index in [2.05, 4.69) is 0 Å². The molecule has 2 nitrogen and oxygen atoms in total. The van der Waals surface area contributed by atoms with E-state index in [0.717, 1.165) is 6.07 Å². The van der Waals surface area contributed by atoms with E-state index < -0.39 is 31.4 Å². The third-order valence-corrected chi connectivity index (χ3v) is 4.84. The van der Waals surface area contributed by atoms with Crippen molar-refractivity contribution >= 4 is 19.0 Å². The third kappa shape index (κ3) is 3.66. The highest BCUT2D eigenvalue weighted by atomic mass is 28.3. The molecule has 0 radical (unpaired) electrons.